The predicted molar refractivity (Wildman–Crippen MR) is 143 cm³/mol. The van der Waals surface area contributed by atoms with Gasteiger partial charge in [-0.1, -0.05) is 25.1 Å². The van der Waals surface area contributed by atoms with Gasteiger partial charge in [0.05, 0.1) is 24.2 Å². The van der Waals surface area contributed by atoms with Crippen LogP contribution in [0, 0.1) is 11.3 Å². The van der Waals surface area contributed by atoms with E-state index in [1.807, 2.05) is 13.0 Å². The van der Waals surface area contributed by atoms with Crippen molar-refractivity contribution in [3.63, 3.8) is 0 Å². The highest BCUT2D eigenvalue weighted by Crippen LogP contribution is 2.19. The molecule has 1 aromatic heterocycles. The van der Waals surface area contributed by atoms with E-state index in [0.717, 1.165) is 12.1 Å². The van der Waals surface area contributed by atoms with Crippen LogP contribution in [0.4, 0.5) is 11.5 Å². The summed E-state index contributed by atoms with van der Waals surface area (Å²) in [7, 11) is 1.78. The fraction of sp³-hybridized carbons (Fsp3) is 0.321. The molecule has 0 aliphatic heterocycles. The van der Waals surface area contributed by atoms with Gasteiger partial charge in [0.1, 0.15) is 11.6 Å². The van der Waals surface area contributed by atoms with Gasteiger partial charge in [-0.2, -0.15) is 5.26 Å². The molecule has 37 heavy (non-hydrogen) atoms. The number of pyridine rings is 1. The second kappa shape index (κ2) is 13.7. The number of hydrogen-bond donors (Lipinski definition) is 3. The van der Waals surface area contributed by atoms with Gasteiger partial charge in [0.2, 0.25) is 5.91 Å². The molecule has 0 saturated carbocycles. The number of ketones is 1. The maximum absolute atomic E-state index is 13.5. The highest BCUT2D eigenvalue weighted by molar-refractivity contribution is 6.07. The van der Waals surface area contributed by atoms with Gasteiger partial charge < -0.3 is 16.0 Å². The van der Waals surface area contributed by atoms with Crippen LogP contribution in [0.25, 0.3) is 0 Å². The van der Waals surface area contributed by atoms with Crippen molar-refractivity contribution in [1.29, 1.82) is 5.26 Å². The van der Waals surface area contributed by atoms with Crippen LogP contribution >= 0.6 is 0 Å². The number of likely N-dealkylation sites (N-methyl/N-ethyl adjacent to an activating group) is 1. The minimum atomic E-state index is -0.462. The number of nitriles is 1. The van der Waals surface area contributed by atoms with Crippen molar-refractivity contribution >= 4 is 29.1 Å². The van der Waals surface area contributed by atoms with E-state index in [1.165, 1.54) is 4.90 Å². The van der Waals surface area contributed by atoms with Gasteiger partial charge in [0.15, 0.2) is 0 Å². The Kier molecular flexibility index (Phi) is 10.1. The Morgan fingerprint density at radius 3 is 2.51 bits per heavy atom. The topological polar surface area (TPSA) is 127 Å². The first-order chi connectivity index (χ1) is 17.9. The molecule has 1 aliphatic rings. The van der Waals surface area contributed by atoms with E-state index in [2.05, 4.69) is 27.0 Å². The zero-order chi connectivity index (χ0) is 26.6. The number of rotatable bonds is 12. The van der Waals surface area contributed by atoms with E-state index in [0.29, 0.717) is 23.4 Å². The van der Waals surface area contributed by atoms with E-state index >= 15 is 0 Å². The van der Waals surface area contributed by atoms with E-state index in [9.17, 15) is 14.4 Å². The van der Waals surface area contributed by atoms with Crippen LogP contribution < -0.4 is 20.9 Å². The molecule has 0 spiro atoms. The Bertz CT molecular complexity index is 1180. The Morgan fingerprint density at radius 2 is 1.86 bits per heavy atom. The summed E-state index contributed by atoms with van der Waals surface area (Å²) < 4.78 is 0. The minimum absolute atomic E-state index is 0.0271. The fourth-order valence-electron chi connectivity index (χ4n) is 3.94. The molecule has 9 heteroatoms. The maximum Gasteiger partial charge on any atom is 0.259 e. The van der Waals surface area contributed by atoms with Crippen molar-refractivity contribution in [2.45, 2.75) is 38.3 Å². The maximum atomic E-state index is 13.5. The van der Waals surface area contributed by atoms with Crippen LogP contribution in [-0.2, 0) is 14.4 Å². The van der Waals surface area contributed by atoms with Crippen LogP contribution in [0.15, 0.2) is 72.5 Å². The number of benzene rings is 1. The van der Waals surface area contributed by atoms with Crippen molar-refractivity contribution in [2.75, 3.05) is 30.4 Å². The lowest BCUT2D eigenvalue weighted by atomic mass is 9.96. The van der Waals surface area contributed by atoms with Crippen molar-refractivity contribution in [3.8, 4) is 6.07 Å². The normalized spacial score (nSPS) is 16.3. The Morgan fingerprint density at radius 1 is 1.08 bits per heavy atom. The zero-order valence-electron chi connectivity index (χ0n) is 21.1. The molecule has 9 nitrogen and oxygen atoms in total. The summed E-state index contributed by atoms with van der Waals surface area (Å²) in [6.07, 6.45) is 8.38. The molecule has 0 bridgehead atoms. The van der Waals surface area contributed by atoms with Crippen LogP contribution in [0.2, 0.25) is 0 Å². The number of nitrogens with one attached hydrogen (secondary N) is 3. The highest BCUT2D eigenvalue weighted by Gasteiger charge is 2.27. The van der Waals surface area contributed by atoms with E-state index in [-0.39, 0.29) is 43.1 Å². The molecule has 2 unspecified atom stereocenters. The first-order valence-electron chi connectivity index (χ1n) is 12.3. The van der Waals surface area contributed by atoms with Crippen molar-refractivity contribution in [2.24, 2.45) is 0 Å². The van der Waals surface area contributed by atoms with Gasteiger partial charge in [0.25, 0.3) is 5.91 Å². The molecule has 192 valence electrons. The smallest absolute Gasteiger partial charge is 0.259 e. The third kappa shape index (κ3) is 7.85. The number of aromatic nitrogens is 1. The minimum Gasteiger partial charge on any atom is -0.376 e. The summed E-state index contributed by atoms with van der Waals surface area (Å²) in [5, 5.41) is 18.0. The Hall–Kier alpha value is -4.29. The molecular formula is C28H32N6O3. The molecule has 1 aromatic carbocycles. The molecule has 0 radical (unpaired) electrons. The largest absolute Gasteiger partial charge is 0.376 e. The third-order valence-corrected chi connectivity index (χ3v) is 5.92. The molecule has 3 rings (SSSR count). The number of carbonyl (C=O) groups is 3. The van der Waals surface area contributed by atoms with Gasteiger partial charge >= 0.3 is 0 Å². The van der Waals surface area contributed by atoms with Crippen LogP contribution in [0.1, 0.15) is 31.7 Å². The molecule has 1 heterocycles. The molecule has 2 aromatic rings. The summed E-state index contributed by atoms with van der Waals surface area (Å²) in [5.41, 5.74) is 1.67. The summed E-state index contributed by atoms with van der Waals surface area (Å²) >= 11 is 0. The molecule has 0 fully saturated rings. The highest BCUT2D eigenvalue weighted by atomic mass is 16.2. The molecule has 2 amide bonds. The summed E-state index contributed by atoms with van der Waals surface area (Å²) in [6, 6.07) is 13.5. The quantitative estimate of drug-likeness (QED) is 0.409. The number of anilines is 2. The van der Waals surface area contributed by atoms with Crippen LogP contribution in [0.3, 0.4) is 0 Å². The third-order valence-electron chi connectivity index (χ3n) is 5.92. The fourth-order valence-corrected chi connectivity index (χ4v) is 3.94. The van der Waals surface area contributed by atoms with Gasteiger partial charge in [-0.05, 0) is 55.9 Å². The van der Waals surface area contributed by atoms with Gasteiger partial charge in [0, 0.05) is 42.9 Å². The van der Waals surface area contributed by atoms with E-state index in [1.54, 1.807) is 67.9 Å². The molecular weight excluding hydrogens is 468 g/mol. The Labute approximate surface area is 217 Å². The number of carbonyl (C=O) groups excluding carboxylic acids is 3. The number of Topliss-reactive ketones (excluding diaryl/α,β-unsaturated/α-hetero) is 1. The van der Waals surface area contributed by atoms with Crippen molar-refractivity contribution < 1.29 is 14.4 Å². The van der Waals surface area contributed by atoms with E-state index in [4.69, 9.17) is 5.26 Å². The molecule has 0 saturated heterocycles. The Balaban J connectivity index is 1.71. The van der Waals surface area contributed by atoms with Gasteiger partial charge in [-0.15, -0.1) is 0 Å². The predicted octanol–water partition coefficient (Wildman–Crippen LogP) is 2.73. The van der Waals surface area contributed by atoms with Gasteiger partial charge in [-0.3, -0.25) is 19.3 Å². The second-order valence-electron chi connectivity index (χ2n) is 8.61. The van der Waals surface area contributed by atoms with Gasteiger partial charge in [-0.25, -0.2) is 4.98 Å². The van der Waals surface area contributed by atoms with Crippen LogP contribution in [0.5, 0.6) is 0 Å². The first kappa shape index (κ1) is 27.3. The first-order valence-corrected chi connectivity index (χ1v) is 12.3. The molecule has 3 N–H and O–H groups in total. The van der Waals surface area contributed by atoms with Crippen molar-refractivity contribution in [1.82, 2.24) is 15.6 Å². The molecule has 1 aliphatic carbocycles. The molecule has 2 atom stereocenters. The lowest BCUT2D eigenvalue weighted by Crippen LogP contribution is -2.50. The van der Waals surface area contributed by atoms with Crippen LogP contribution in [-0.4, -0.2) is 54.8 Å². The average Bonchev–Trinajstić information content (AvgIpc) is 2.93. The lowest BCUT2D eigenvalue weighted by molar-refractivity contribution is -0.120. The van der Waals surface area contributed by atoms with Crippen molar-refractivity contribution in [3.05, 3.63) is 78.0 Å². The zero-order valence-corrected chi connectivity index (χ0v) is 21.1. The summed E-state index contributed by atoms with van der Waals surface area (Å²) in [4.78, 5) is 44.2. The number of amides is 2. The summed E-state index contributed by atoms with van der Waals surface area (Å²) in [6.45, 7) is 2.20. The second-order valence-corrected chi connectivity index (χ2v) is 8.61. The standard InChI is InChI=1S/C28H32N6O3/c1-3-6-23(35)14-16-34(26-7-4-5-15-31-26)28(37)21-10-13-24(30-2)25(17-21)33-27(36)19-32-22-11-8-20(18-29)9-12-22/h4-5,7-13,15,17,24-25,30,32H,3,6,14,16,19H2,1-2H3,(H,33,36). The lowest BCUT2D eigenvalue weighted by Gasteiger charge is -2.29. The van der Waals surface area contributed by atoms with E-state index < -0.39 is 6.04 Å². The average molecular weight is 501 g/mol. The summed E-state index contributed by atoms with van der Waals surface area (Å²) in [5.74, 6) is 0.0250. The number of nitrogens with zero attached hydrogens (tertiary/aromatic N) is 3. The SMILES string of the molecule is CCCC(=O)CCN(C(=O)C1=CC(NC(=O)CNc2ccc(C#N)cc2)C(NC)C=C1)c1ccccn1. The number of hydrogen-bond acceptors (Lipinski definition) is 7. The monoisotopic (exact) mass is 500 g/mol.